The Kier molecular flexibility index (Phi) is 7.59. The summed E-state index contributed by atoms with van der Waals surface area (Å²) < 4.78 is 46.0. The van der Waals surface area contributed by atoms with Crippen LogP contribution in [-0.2, 0) is 22.3 Å². The smallest absolute Gasteiger partial charge is 0.416 e. The molecule has 2 aliphatic rings. The van der Waals surface area contributed by atoms with Gasteiger partial charge in [0.25, 0.3) is 5.91 Å². The maximum Gasteiger partial charge on any atom is 0.416 e. The van der Waals surface area contributed by atoms with E-state index in [1.54, 1.807) is 25.1 Å². The number of halogens is 4. The molecular weight excluding hydrogens is 481 g/mol. The molecule has 5 nitrogen and oxygen atoms in total. The second-order valence-electron chi connectivity index (χ2n) is 9.11. The summed E-state index contributed by atoms with van der Waals surface area (Å²) in [6.45, 7) is 1.60. The highest BCUT2D eigenvalue weighted by atomic mass is 35.5. The van der Waals surface area contributed by atoms with Crippen molar-refractivity contribution in [1.29, 1.82) is 0 Å². The SMILES string of the molecule is CCC1Oc2ccc(Cl)cc2C(C(=O)NC2CCCCC2)N(Cc2cccc(C(F)(F)F)c2)C1=O. The van der Waals surface area contributed by atoms with E-state index < -0.39 is 29.8 Å². The van der Waals surface area contributed by atoms with Gasteiger partial charge in [-0.1, -0.05) is 49.9 Å². The second kappa shape index (κ2) is 10.5. The zero-order valence-electron chi connectivity index (χ0n) is 19.4. The van der Waals surface area contributed by atoms with Crippen molar-refractivity contribution in [2.75, 3.05) is 0 Å². The fourth-order valence-corrected chi connectivity index (χ4v) is 4.98. The van der Waals surface area contributed by atoms with Gasteiger partial charge in [0.1, 0.15) is 11.8 Å². The molecule has 1 heterocycles. The zero-order valence-corrected chi connectivity index (χ0v) is 20.2. The van der Waals surface area contributed by atoms with E-state index in [0.29, 0.717) is 22.8 Å². The van der Waals surface area contributed by atoms with E-state index in [0.717, 1.165) is 44.2 Å². The highest BCUT2D eigenvalue weighted by Gasteiger charge is 2.41. The molecule has 35 heavy (non-hydrogen) atoms. The third kappa shape index (κ3) is 5.74. The van der Waals surface area contributed by atoms with Crippen LogP contribution < -0.4 is 10.1 Å². The quantitative estimate of drug-likeness (QED) is 0.535. The summed E-state index contributed by atoms with van der Waals surface area (Å²) in [7, 11) is 0. The number of carbonyl (C=O) groups excluding carboxylic acids is 2. The molecule has 0 radical (unpaired) electrons. The van der Waals surface area contributed by atoms with Gasteiger partial charge < -0.3 is 15.0 Å². The van der Waals surface area contributed by atoms with Crippen LogP contribution in [0.1, 0.15) is 68.2 Å². The number of ether oxygens (including phenoxy) is 1. The molecule has 4 rings (SSSR count). The first-order valence-corrected chi connectivity index (χ1v) is 12.3. The van der Waals surface area contributed by atoms with E-state index in [9.17, 15) is 22.8 Å². The van der Waals surface area contributed by atoms with Gasteiger partial charge in [-0.3, -0.25) is 9.59 Å². The lowest BCUT2D eigenvalue weighted by molar-refractivity contribution is -0.146. The monoisotopic (exact) mass is 508 g/mol. The Hall–Kier alpha value is -2.74. The lowest BCUT2D eigenvalue weighted by atomic mass is 9.94. The van der Waals surface area contributed by atoms with Crippen molar-refractivity contribution in [2.45, 2.75) is 76.4 Å². The summed E-state index contributed by atoms with van der Waals surface area (Å²) in [4.78, 5) is 28.6. The highest BCUT2D eigenvalue weighted by Crippen LogP contribution is 2.38. The molecule has 0 spiro atoms. The molecule has 1 aliphatic heterocycles. The van der Waals surface area contributed by atoms with Gasteiger partial charge in [-0.15, -0.1) is 0 Å². The largest absolute Gasteiger partial charge is 0.480 e. The minimum absolute atomic E-state index is 0.0180. The van der Waals surface area contributed by atoms with Crippen molar-refractivity contribution in [2.24, 2.45) is 0 Å². The van der Waals surface area contributed by atoms with Gasteiger partial charge >= 0.3 is 6.18 Å². The average Bonchev–Trinajstić information content (AvgIpc) is 2.93. The fraction of sp³-hybridized carbons (Fsp3) is 0.462. The third-order valence-corrected chi connectivity index (χ3v) is 6.82. The lowest BCUT2D eigenvalue weighted by Crippen LogP contribution is -2.48. The maximum absolute atomic E-state index is 13.7. The number of nitrogens with one attached hydrogen (secondary N) is 1. The molecule has 2 aromatic carbocycles. The highest BCUT2D eigenvalue weighted by molar-refractivity contribution is 6.30. The number of hydrogen-bond acceptors (Lipinski definition) is 3. The molecular formula is C26H28ClF3N2O3. The second-order valence-corrected chi connectivity index (χ2v) is 9.54. The molecule has 0 saturated heterocycles. The van der Waals surface area contributed by atoms with Crippen molar-refractivity contribution < 1.29 is 27.5 Å². The van der Waals surface area contributed by atoms with Crippen LogP contribution in [0.2, 0.25) is 5.02 Å². The first kappa shape index (κ1) is 25.4. The predicted octanol–water partition coefficient (Wildman–Crippen LogP) is 6.05. The molecule has 2 unspecified atom stereocenters. The number of nitrogens with zero attached hydrogens (tertiary/aromatic N) is 1. The van der Waals surface area contributed by atoms with Gasteiger partial charge in [0.05, 0.1) is 5.56 Å². The van der Waals surface area contributed by atoms with Gasteiger partial charge in [0.15, 0.2) is 6.10 Å². The van der Waals surface area contributed by atoms with Crippen molar-refractivity contribution in [3.8, 4) is 5.75 Å². The standard InChI is InChI=1S/C26H28ClF3N2O3/c1-2-21-25(34)32(15-16-7-6-8-17(13-16)26(28,29)30)23(20-14-18(27)11-12-22(20)35-21)24(33)31-19-9-4-3-5-10-19/h6-8,11-14,19,21,23H,2-5,9-10,15H2,1H3,(H,31,33). The van der Waals surface area contributed by atoms with Crippen molar-refractivity contribution >= 4 is 23.4 Å². The van der Waals surface area contributed by atoms with Gasteiger partial charge in [0.2, 0.25) is 5.91 Å². The Morgan fingerprint density at radius 3 is 2.57 bits per heavy atom. The summed E-state index contributed by atoms with van der Waals surface area (Å²) >= 11 is 6.26. The van der Waals surface area contributed by atoms with E-state index in [4.69, 9.17) is 16.3 Å². The normalized spacial score (nSPS) is 21.2. The molecule has 1 N–H and O–H groups in total. The molecule has 1 saturated carbocycles. The summed E-state index contributed by atoms with van der Waals surface area (Å²) in [5.41, 5.74) is -0.127. The maximum atomic E-state index is 13.7. The van der Waals surface area contributed by atoms with Crippen LogP contribution in [0.3, 0.4) is 0 Å². The number of rotatable bonds is 5. The summed E-state index contributed by atoms with van der Waals surface area (Å²) in [5, 5.41) is 3.44. The minimum atomic E-state index is -4.52. The average molecular weight is 509 g/mol. The Morgan fingerprint density at radius 1 is 1.14 bits per heavy atom. The van der Waals surface area contributed by atoms with E-state index in [2.05, 4.69) is 5.32 Å². The van der Waals surface area contributed by atoms with Crippen LogP contribution in [0.25, 0.3) is 0 Å². The van der Waals surface area contributed by atoms with Crippen LogP contribution >= 0.6 is 11.6 Å². The zero-order chi connectivity index (χ0) is 25.2. The number of fused-ring (bicyclic) bond motifs is 1. The molecule has 2 atom stereocenters. The number of carbonyl (C=O) groups is 2. The molecule has 1 aliphatic carbocycles. The molecule has 9 heteroatoms. The molecule has 2 amide bonds. The van der Waals surface area contributed by atoms with Crippen LogP contribution in [0, 0.1) is 0 Å². The van der Waals surface area contributed by atoms with Crippen molar-refractivity contribution in [3.05, 3.63) is 64.2 Å². The van der Waals surface area contributed by atoms with Crippen LogP contribution in [0.4, 0.5) is 13.2 Å². The predicted molar refractivity (Wildman–Crippen MR) is 126 cm³/mol. The number of hydrogen-bond donors (Lipinski definition) is 1. The van der Waals surface area contributed by atoms with Crippen LogP contribution in [0.15, 0.2) is 42.5 Å². The Labute approximate surface area is 207 Å². The van der Waals surface area contributed by atoms with Gasteiger partial charge in [-0.2, -0.15) is 13.2 Å². The number of alkyl halides is 3. The first-order valence-electron chi connectivity index (χ1n) is 11.9. The molecule has 0 bridgehead atoms. The third-order valence-electron chi connectivity index (χ3n) is 6.58. The molecule has 188 valence electrons. The molecule has 2 aromatic rings. The van der Waals surface area contributed by atoms with Gasteiger partial charge in [-0.05, 0) is 55.2 Å². The topological polar surface area (TPSA) is 58.6 Å². The van der Waals surface area contributed by atoms with E-state index in [1.165, 1.54) is 17.0 Å². The summed E-state index contributed by atoms with van der Waals surface area (Å²) in [5.74, 6) is -0.480. The Bertz CT molecular complexity index is 1090. The Balaban J connectivity index is 1.76. The Morgan fingerprint density at radius 2 is 1.89 bits per heavy atom. The van der Waals surface area contributed by atoms with Gasteiger partial charge in [-0.25, -0.2) is 0 Å². The van der Waals surface area contributed by atoms with E-state index >= 15 is 0 Å². The number of amides is 2. The molecule has 0 aromatic heterocycles. The van der Waals surface area contributed by atoms with Crippen molar-refractivity contribution in [1.82, 2.24) is 10.2 Å². The van der Waals surface area contributed by atoms with Crippen LogP contribution in [0.5, 0.6) is 5.75 Å². The summed E-state index contributed by atoms with van der Waals surface area (Å²) in [6, 6.07) is 8.54. The minimum Gasteiger partial charge on any atom is -0.480 e. The van der Waals surface area contributed by atoms with Crippen molar-refractivity contribution in [3.63, 3.8) is 0 Å². The summed E-state index contributed by atoms with van der Waals surface area (Å²) in [6.07, 6.45) is -0.262. The molecule has 1 fully saturated rings. The lowest BCUT2D eigenvalue weighted by Gasteiger charge is -2.32. The van der Waals surface area contributed by atoms with E-state index in [1.807, 2.05) is 0 Å². The number of benzene rings is 2. The fourth-order valence-electron chi connectivity index (χ4n) is 4.80. The van der Waals surface area contributed by atoms with Gasteiger partial charge in [0, 0.05) is 23.2 Å². The van der Waals surface area contributed by atoms with E-state index in [-0.39, 0.29) is 24.1 Å². The van der Waals surface area contributed by atoms with Crippen LogP contribution in [-0.4, -0.2) is 28.9 Å². The first-order chi connectivity index (χ1) is 16.7.